The highest BCUT2D eigenvalue weighted by atomic mass is 16.2. The Morgan fingerprint density at radius 1 is 1.00 bits per heavy atom. The number of fused-ring (bicyclic) bond motifs is 1. The van der Waals surface area contributed by atoms with Crippen LogP contribution in [0.15, 0.2) is 36.7 Å². The van der Waals surface area contributed by atoms with Crippen LogP contribution in [0.5, 0.6) is 0 Å². The number of nitrogens with zero attached hydrogens (tertiary/aromatic N) is 3. The average molecular weight is 492 g/mol. The van der Waals surface area contributed by atoms with Crippen molar-refractivity contribution in [3.8, 4) is 0 Å². The molecule has 0 unspecified atom stereocenters. The molecule has 0 spiro atoms. The molecule has 2 saturated heterocycles. The maximum absolute atomic E-state index is 13.0. The van der Waals surface area contributed by atoms with Gasteiger partial charge in [0, 0.05) is 38.1 Å². The topological polar surface area (TPSA) is 128 Å². The predicted molar refractivity (Wildman–Crippen MR) is 134 cm³/mol. The molecule has 10 nitrogen and oxygen atoms in total. The van der Waals surface area contributed by atoms with Crippen molar-refractivity contribution in [2.75, 3.05) is 31.5 Å². The first-order valence-corrected chi connectivity index (χ1v) is 12.8. The van der Waals surface area contributed by atoms with Gasteiger partial charge in [0.05, 0.1) is 6.04 Å². The molecule has 36 heavy (non-hydrogen) atoms. The minimum atomic E-state index is -0.345. The molecule has 0 saturated carbocycles. The summed E-state index contributed by atoms with van der Waals surface area (Å²) in [4.78, 5) is 48.3. The maximum atomic E-state index is 13.0. The summed E-state index contributed by atoms with van der Waals surface area (Å²) in [7, 11) is 0. The van der Waals surface area contributed by atoms with Crippen molar-refractivity contribution in [1.29, 1.82) is 0 Å². The summed E-state index contributed by atoms with van der Waals surface area (Å²) in [5.41, 5.74) is 2.60. The van der Waals surface area contributed by atoms with Crippen molar-refractivity contribution in [2.45, 2.75) is 50.6 Å². The number of nitrogens with one attached hydrogen (secondary N) is 4. The molecule has 4 N–H and O–H groups in total. The highest BCUT2D eigenvalue weighted by Gasteiger charge is 2.28. The Balaban J connectivity index is 1.10. The minimum Gasteiger partial charge on any atom is -0.354 e. The Kier molecular flexibility index (Phi) is 7.41. The standard InChI is InChI=1S/C26H33N7O3/c34-24(21-6-3-9-27-21)30-16-17-7-12-33(13-8-17)26(36)32-23-22(28-10-11-29-23)25(35)31-20-14-18-4-1-2-5-19(18)15-20/h1-2,4-5,10-11,17,20-21,27H,3,6-9,12-16H2,(H,30,34)(H,31,35)(H,29,32,36)/t21-/m0/s1. The number of piperidine rings is 1. The molecule has 1 aromatic carbocycles. The van der Waals surface area contributed by atoms with Gasteiger partial charge in [0.2, 0.25) is 5.91 Å². The lowest BCUT2D eigenvalue weighted by atomic mass is 9.97. The smallest absolute Gasteiger partial charge is 0.323 e. The molecule has 0 bridgehead atoms. The van der Waals surface area contributed by atoms with E-state index in [9.17, 15) is 14.4 Å². The van der Waals surface area contributed by atoms with Crippen LogP contribution >= 0.6 is 0 Å². The average Bonchev–Trinajstić information content (AvgIpc) is 3.58. The molecule has 2 aromatic rings. The van der Waals surface area contributed by atoms with Crippen molar-refractivity contribution in [3.05, 3.63) is 53.5 Å². The summed E-state index contributed by atoms with van der Waals surface area (Å²) < 4.78 is 0. The molecule has 190 valence electrons. The van der Waals surface area contributed by atoms with Crippen molar-refractivity contribution in [3.63, 3.8) is 0 Å². The number of aromatic nitrogens is 2. The fourth-order valence-corrected chi connectivity index (χ4v) is 5.31. The third-order valence-electron chi connectivity index (χ3n) is 7.37. The molecule has 1 aliphatic carbocycles. The van der Waals surface area contributed by atoms with Gasteiger partial charge in [0.15, 0.2) is 11.5 Å². The van der Waals surface area contributed by atoms with Gasteiger partial charge in [-0.1, -0.05) is 24.3 Å². The monoisotopic (exact) mass is 491 g/mol. The van der Waals surface area contributed by atoms with Crippen LogP contribution in [-0.2, 0) is 17.6 Å². The summed E-state index contributed by atoms with van der Waals surface area (Å²) in [5, 5.41) is 12.1. The van der Waals surface area contributed by atoms with Gasteiger partial charge in [-0.2, -0.15) is 0 Å². The molecule has 1 aromatic heterocycles. The second-order valence-electron chi connectivity index (χ2n) is 9.86. The lowest BCUT2D eigenvalue weighted by Crippen LogP contribution is -2.46. The van der Waals surface area contributed by atoms with E-state index in [4.69, 9.17) is 0 Å². The van der Waals surface area contributed by atoms with Crippen molar-refractivity contribution >= 4 is 23.7 Å². The number of hydrogen-bond acceptors (Lipinski definition) is 6. The molecule has 5 rings (SSSR count). The van der Waals surface area contributed by atoms with Crippen molar-refractivity contribution in [1.82, 2.24) is 30.8 Å². The second-order valence-corrected chi connectivity index (χ2v) is 9.86. The Morgan fingerprint density at radius 2 is 1.72 bits per heavy atom. The molecular formula is C26H33N7O3. The zero-order valence-corrected chi connectivity index (χ0v) is 20.3. The van der Waals surface area contributed by atoms with Gasteiger partial charge in [0.25, 0.3) is 5.91 Å². The molecule has 2 aliphatic heterocycles. The van der Waals surface area contributed by atoms with E-state index in [-0.39, 0.29) is 41.4 Å². The molecule has 2 fully saturated rings. The van der Waals surface area contributed by atoms with E-state index in [1.54, 1.807) is 4.90 Å². The van der Waals surface area contributed by atoms with E-state index in [1.807, 2.05) is 12.1 Å². The van der Waals surface area contributed by atoms with Crippen LogP contribution in [0.3, 0.4) is 0 Å². The molecule has 10 heteroatoms. The quantitative estimate of drug-likeness (QED) is 0.485. The Morgan fingerprint density at radius 3 is 2.42 bits per heavy atom. The molecule has 3 aliphatic rings. The number of carbonyl (C=O) groups is 3. The van der Waals surface area contributed by atoms with Crippen LogP contribution in [0.25, 0.3) is 0 Å². The summed E-state index contributed by atoms with van der Waals surface area (Å²) in [6.45, 7) is 2.69. The molecule has 0 radical (unpaired) electrons. The lowest BCUT2D eigenvalue weighted by molar-refractivity contribution is -0.123. The fraction of sp³-hybridized carbons (Fsp3) is 0.500. The third-order valence-corrected chi connectivity index (χ3v) is 7.37. The van der Waals surface area contributed by atoms with Crippen LogP contribution in [0.2, 0.25) is 0 Å². The van der Waals surface area contributed by atoms with E-state index in [2.05, 4.69) is 43.4 Å². The van der Waals surface area contributed by atoms with Crippen molar-refractivity contribution in [2.24, 2.45) is 5.92 Å². The molecule has 1 atom stereocenters. The SMILES string of the molecule is O=C(NC1Cc2ccccc2C1)c1nccnc1NC(=O)N1CCC(CNC(=O)[C@@H]2CCCN2)CC1. The number of carbonyl (C=O) groups excluding carboxylic acids is 3. The van der Waals surface area contributed by atoms with Gasteiger partial charge in [-0.3, -0.25) is 14.9 Å². The van der Waals surface area contributed by atoms with Gasteiger partial charge in [-0.05, 0) is 62.1 Å². The normalized spacial score (nSPS) is 20.1. The first kappa shape index (κ1) is 24.2. The minimum absolute atomic E-state index is 0.00979. The number of benzene rings is 1. The summed E-state index contributed by atoms with van der Waals surface area (Å²) >= 11 is 0. The predicted octanol–water partition coefficient (Wildman–Crippen LogP) is 1.49. The van der Waals surface area contributed by atoms with E-state index >= 15 is 0 Å². The Bertz CT molecular complexity index is 1090. The summed E-state index contributed by atoms with van der Waals surface area (Å²) in [6.07, 6.45) is 8.01. The van der Waals surface area contributed by atoms with Gasteiger partial charge in [0.1, 0.15) is 0 Å². The summed E-state index contributed by atoms with van der Waals surface area (Å²) in [6, 6.07) is 7.80. The summed E-state index contributed by atoms with van der Waals surface area (Å²) in [5.74, 6) is 0.228. The van der Waals surface area contributed by atoms with Crippen LogP contribution in [0.4, 0.5) is 10.6 Å². The van der Waals surface area contributed by atoms with Gasteiger partial charge in [-0.15, -0.1) is 0 Å². The lowest BCUT2D eigenvalue weighted by Gasteiger charge is -2.32. The Hall–Kier alpha value is -3.53. The van der Waals surface area contributed by atoms with E-state index in [1.165, 1.54) is 23.5 Å². The number of hydrogen-bond donors (Lipinski definition) is 4. The first-order valence-electron chi connectivity index (χ1n) is 12.8. The highest BCUT2D eigenvalue weighted by Crippen LogP contribution is 2.23. The first-order chi connectivity index (χ1) is 17.6. The van der Waals surface area contributed by atoms with Gasteiger partial charge >= 0.3 is 6.03 Å². The van der Waals surface area contributed by atoms with Crippen LogP contribution in [-0.4, -0.2) is 71.0 Å². The van der Waals surface area contributed by atoms with E-state index < -0.39 is 0 Å². The highest BCUT2D eigenvalue weighted by molar-refractivity contribution is 6.00. The van der Waals surface area contributed by atoms with E-state index in [0.29, 0.717) is 25.6 Å². The number of likely N-dealkylation sites (tertiary alicyclic amines) is 1. The Labute approximate surface area is 210 Å². The van der Waals surface area contributed by atoms with Crippen LogP contribution in [0, 0.1) is 5.92 Å². The van der Waals surface area contributed by atoms with Crippen molar-refractivity contribution < 1.29 is 14.4 Å². The maximum Gasteiger partial charge on any atom is 0.323 e. The zero-order chi connectivity index (χ0) is 24.9. The second kappa shape index (κ2) is 11.0. The number of rotatable bonds is 6. The van der Waals surface area contributed by atoms with Crippen LogP contribution in [0.1, 0.15) is 47.3 Å². The zero-order valence-electron chi connectivity index (χ0n) is 20.3. The van der Waals surface area contributed by atoms with Gasteiger partial charge in [-0.25, -0.2) is 14.8 Å². The number of amides is 4. The number of anilines is 1. The van der Waals surface area contributed by atoms with Crippen LogP contribution < -0.4 is 21.3 Å². The third kappa shape index (κ3) is 5.64. The fourth-order valence-electron chi connectivity index (χ4n) is 5.31. The number of urea groups is 1. The molecular weight excluding hydrogens is 458 g/mol. The van der Waals surface area contributed by atoms with Gasteiger partial charge < -0.3 is 20.9 Å². The molecule has 3 heterocycles. The largest absolute Gasteiger partial charge is 0.354 e. The van der Waals surface area contributed by atoms with E-state index in [0.717, 1.165) is 45.1 Å². The molecule has 4 amide bonds.